The summed E-state index contributed by atoms with van der Waals surface area (Å²) >= 11 is 0. The Kier molecular flexibility index (Phi) is 6.37. The number of anilines is 1. The Balaban J connectivity index is 1.78. The molecule has 0 aliphatic carbocycles. The van der Waals surface area contributed by atoms with E-state index in [-0.39, 0.29) is 28.7 Å². The molecule has 0 saturated carbocycles. The van der Waals surface area contributed by atoms with Crippen LogP contribution in [0.4, 0.5) is 10.1 Å². The number of halogens is 1. The van der Waals surface area contributed by atoms with Crippen LogP contribution in [-0.2, 0) is 0 Å². The number of nitrogens with one attached hydrogen (secondary N) is 1. The van der Waals surface area contributed by atoms with Crippen molar-refractivity contribution in [1.29, 1.82) is 0 Å². The zero-order valence-electron chi connectivity index (χ0n) is 18.2. The van der Waals surface area contributed by atoms with E-state index in [2.05, 4.69) is 5.32 Å². The third kappa shape index (κ3) is 4.57. The van der Waals surface area contributed by atoms with Crippen molar-refractivity contribution in [3.05, 3.63) is 76.9 Å². The SMILES string of the molecule is CC(C)Oc1c(N2CCNCC2)c(F)cc2cc(C(=O)C=Cc3ccccc3)c[n+]([O-])c12. The zero-order chi connectivity index (χ0) is 22.7. The smallest absolute Gasteiger partial charge is 0.268 e. The number of fused-ring (bicyclic) bond motifs is 1. The Hall–Kier alpha value is -3.45. The Bertz CT molecular complexity index is 1160. The van der Waals surface area contributed by atoms with Crippen LogP contribution in [0.3, 0.4) is 0 Å². The van der Waals surface area contributed by atoms with E-state index in [0.29, 0.717) is 28.9 Å². The van der Waals surface area contributed by atoms with Crippen molar-refractivity contribution in [3.63, 3.8) is 0 Å². The van der Waals surface area contributed by atoms with Crippen molar-refractivity contribution in [2.45, 2.75) is 20.0 Å². The molecular formula is C25H26FN3O3. The molecule has 0 atom stereocenters. The van der Waals surface area contributed by atoms with Crippen LogP contribution >= 0.6 is 0 Å². The minimum Gasteiger partial charge on any atom is -0.618 e. The van der Waals surface area contributed by atoms with Gasteiger partial charge in [-0.1, -0.05) is 36.4 Å². The van der Waals surface area contributed by atoms with Crippen molar-refractivity contribution < 1.29 is 18.7 Å². The number of hydrogen-bond acceptors (Lipinski definition) is 5. The highest BCUT2D eigenvalue weighted by Crippen LogP contribution is 2.38. The summed E-state index contributed by atoms with van der Waals surface area (Å²) in [5.74, 6) is -0.594. The second-order valence-corrected chi connectivity index (χ2v) is 8.04. The highest BCUT2D eigenvalue weighted by atomic mass is 19.1. The van der Waals surface area contributed by atoms with Crippen LogP contribution in [0.15, 0.2) is 54.7 Å². The summed E-state index contributed by atoms with van der Waals surface area (Å²) in [5.41, 5.74) is 1.57. The van der Waals surface area contributed by atoms with E-state index < -0.39 is 5.82 Å². The first kappa shape index (κ1) is 21.8. The molecule has 4 rings (SSSR count). The number of ketones is 1. The lowest BCUT2D eigenvalue weighted by molar-refractivity contribution is -0.577. The van der Waals surface area contributed by atoms with E-state index in [1.54, 1.807) is 12.1 Å². The van der Waals surface area contributed by atoms with Gasteiger partial charge >= 0.3 is 0 Å². The molecule has 3 aromatic rings. The molecule has 0 amide bonds. The first-order chi connectivity index (χ1) is 15.4. The third-order valence-electron chi connectivity index (χ3n) is 5.30. The first-order valence-electron chi connectivity index (χ1n) is 10.7. The molecule has 6 nitrogen and oxygen atoms in total. The maximum Gasteiger partial charge on any atom is 0.268 e. The Morgan fingerprint density at radius 1 is 1.22 bits per heavy atom. The van der Waals surface area contributed by atoms with Crippen LogP contribution in [0, 0.1) is 11.0 Å². The van der Waals surface area contributed by atoms with Gasteiger partial charge in [0.05, 0.1) is 17.1 Å². The molecule has 2 aromatic carbocycles. The summed E-state index contributed by atoms with van der Waals surface area (Å²) in [6, 6.07) is 12.2. The van der Waals surface area contributed by atoms with E-state index in [9.17, 15) is 10.0 Å². The molecule has 32 heavy (non-hydrogen) atoms. The Labute approximate surface area is 186 Å². The standard InChI is InChI=1S/C25H26FN3O3/c1-17(2)32-25-23-19(15-21(26)24(25)28-12-10-27-11-13-28)14-20(16-29(23)31)22(30)9-8-18-6-4-3-5-7-18/h3-9,14-17,27H,10-13H2,1-2H3. The molecule has 0 unspecified atom stereocenters. The van der Waals surface area contributed by atoms with Gasteiger partial charge in [-0.3, -0.25) is 4.79 Å². The van der Waals surface area contributed by atoms with Gasteiger partial charge in [0.2, 0.25) is 5.75 Å². The largest absolute Gasteiger partial charge is 0.618 e. The molecule has 0 spiro atoms. The molecule has 1 aromatic heterocycles. The predicted molar refractivity (Wildman–Crippen MR) is 124 cm³/mol. The van der Waals surface area contributed by atoms with E-state index in [0.717, 1.165) is 18.7 Å². The highest BCUT2D eigenvalue weighted by molar-refractivity contribution is 6.08. The average Bonchev–Trinajstić information content (AvgIpc) is 2.78. The van der Waals surface area contributed by atoms with E-state index >= 15 is 4.39 Å². The number of pyridine rings is 1. The Morgan fingerprint density at radius 3 is 2.62 bits per heavy atom. The molecule has 0 bridgehead atoms. The minimum atomic E-state index is -0.473. The average molecular weight is 435 g/mol. The lowest BCUT2D eigenvalue weighted by Crippen LogP contribution is -2.44. The van der Waals surface area contributed by atoms with Crippen molar-refractivity contribution in [2.75, 3.05) is 31.1 Å². The van der Waals surface area contributed by atoms with Gasteiger partial charge in [0.25, 0.3) is 5.52 Å². The van der Waals surface area contributed by atoms with Gasteiger partial charge in [0, 0.05) is 26.2 Å². The number of carbonyl (C=O) groups excluding carboxylic acids is 1. The van der Waals surface area contributed by atoms with Crippen LogP contribution in [0.2, 0.25) is 0 Å². The summed E-state index contributed by atoms with van der Waals surface area (Å²) in [7, 11) is 0. The lowest BCUT2D eigenvalue weighted by atomic mass is 10.1. The number of piperazine rings is 1. The molecule has 2 heterocycles. The zero-order valence-corrected chi connectivity index (χ0v) is 18.2. The van der Waals surface area contributed by atoms with Crippen molar-refractivity contribution in [2.24, 2.45) is 0 Å². The quantitative estimate of drug-likeness (QED) is 0.277. The fraction of sp³-hybridized carbons (Fsp3) is 0.280. The Morgan fingerprint density at radius 2 is 1.94 bits per heavy atom. The summed E-state index contributed by atoms with van der Waals surface area (Å²) in [4.78, 5) is 14.6. The number of nitrogens with zero attached hydrogens (tertiary/aromatic N) is 2. The summed E-state index contributed by atoms with van der Waals surface area (Å²) in [5, 5.41) is 16.6. The normalized spacial score (nSPS) is 14.4. The van der Waals surface area contributed by atoms with Crippen LogP contribution in [0.1, 0.15) is 29.8 Å². The van der Waals surface area contributed by atoms with Crippen LogP contribution < -0.4 is 19.7 Å². The molecule has 7 heteroatoms. The number of aromatic nitrogens is 1. The van der Waals surface area contributed by atoms with Crippen molar-refractivity contribution in [3.8, 4) is 5.75 Å². The van der Waals surface area contributed by atoms with Gasteiger partial charge in [-0.25, -0.2) is 4.39 Å². The maximum atomic E-state index is 15.3. The van der Waals surface area contributed by atoms with Gasteiger partial charge in [-0.2, -0.15) is 4.73 Å². The molecule has 1 saturated heterocycles. The van der Waals surface area contributed by atoms with Crippen molar-refractivity contribution >= 4 is 28.4 Å². The first-order valence-corrected chi connectivity index (χ1v) is 10.7. The van der Waals surface area contributed by atoms with Gasteiger partial charge < -0.3 is 20.2 Å². The van der Waals surface area contributed by atoms with Gasteiger partial charge in [-0.15, -0.1) is 0 Å². The fourth-order valence-corrected chi connectivity index (χ4v) is 3.86. The summed E-state index contributed by atoms with van der Waals surface area (Å²) in [6.07, 6.45) is 4.07. The van der Waals surface area contributed by atoms with Gasteiger partial charge in [0.15, 0.2) is 17.8 Å². The molecule has 1 aliphatic rings. The van der Waals surface area contributed by atoms with Gasteiger partial charge in [-0.05, 0) is 37.6 Å². The third-order valence-corrected chi connectivity index (χ3v) is 5.30. The molecule has 1 fully saturated rings. The molecule has 0 radical (unpaired) electrons. The second kappa shape index (κ2) is 9.36. The molecule has 1 aliphatic heterocycles. The fourth-order valence-electron chi connectivity index (χ4n) is 3.86. The van der Waals surface area contributed by atoms with E-state index in [1.165, 1.54) is 18.3 Å². The lowest BCUT2D eigenvalue weighted by Gasteiger charge is -2.31. The predicted octanol–water partition coefficient (Wildman–Crippen LogP) is 3.71. The highest BCUT2D eigenvalue weighted by Gasteiger charge is 2.28. The monoisotopic (exact) mass is 435 g/mol. The number of carbonyl (C=O) groups is 1. The van der Waals surface area contributed by atoms with Gasteiger partial charge in [0.1, 0.15) is 5.69 Å². The minimum absolute atomic E-state index is 0.185. The second-order valence-electron chi connectivity index (χ2n) is 8.04. The van der Waals surface area contributed by atoms with E-state index in [1.807, 2.05) is 49.1 Å². The molecular weight excluding hydrogens is 409 g/mol. The summed E-state index contributed by atoms with van der Waals surface area (Å²) < 4.78 is 21.9. The van der Waals surface area contributed by atoms with Crippen LogP contribution in [0.25, 0.3) is 17.0 Å². The summed E-state index contributed by atoms with van der Waals surface area (Å²) in [6.45, 7) is 6.32. The molecule has 166 valence electrons. The number of benzene rings is 2. The molecule has 1 N–H and O–H groups in total. The number of allylic oxidation sites excluding steroid dienone is 1. The number of ether oxygens (including phenoxy) is 1. The topological polar surface area (TPSA) is 68.5 Å². The maximum absolute atomic E-state index is 15.3. The van der Waals surface area contributed by atoms with E-state index in [4.69, 9.17) is 4.74 Å². The van der Waals surface area contributed by atoms with Crippen LogP contribution in [0.5, 0.6) is 5.75 Å². The number of hydrogen-bond donors (Lipinski definition) is 1. The number of rotatable bonds is 6. The van der Waals surface area contributed by atoms with Crippen LogP contribution in [-0.4, -0.2) is 38.1 Å². The van der Waals surface area contributed by atoms with Crippen molar-refractivity contribution in [1.82, 2.24) is 5.32 Å².